The summed E-state index contributed by atoms with van der Waals surface area (Å²) in [6.45, 7) is 8.45. The molecule has 0 saturated carbocycles. The Morgan fingerprint density at radius 2 is 2.12 bits per heavy atom. The molecule has 2 rings (SSSR count). The van der Waals surface area contributed by atoms with E-state index in [0.717, 1.165) is 6.54 Å². The molecule has 1 saturated heterocycles. The van der Waals surface area contributed by atoms with Crippen molar-refractivity contribution in [3.63, 3.8) is 0 Å². The Morgan fingerprint density at radius 1 is 1.31 bits per heavy atom. The van der Waals surface area contributed by atoms with Crippen LogP contribution in [0.1, 0.15) is 38.0 Å². The normalized spacial score (nSPS) is 21.9. The minimum absolute atomic E-state index is 0.546. The molecule has 0 N–H and O–H groups in total. The van der Waals surface area contributed by atoms with E-state index in [2.05, 4.69) is 46.8 Å². The molecule has 1 aromatic heterocycles. The van der Waals surface area contributed by atoms with E-state index in [1.807, 2.05) is 11.3 Å². The molecule has 1 nitrogen and oxygen atoms in total. The van der Waals surface area contributed by atoms with Gasteiger partial charge in [-0.05, 0) is 65.8 Å². The summed E-state index contributed by atoms with van der Waals surface area (Å²) in [5, 5.41) is 0. The van der Waals surface area contributed by atoms with E-state index in [1.165, 1.54) is 41.0 Å². The minimum atomic E-state index is 0.546. The van der Waals surface area contributed by atoms with Gasteiger partial charge < -0.3 is 0 Å². The first-order valence-electron chi connectivity index (χ1n) is 6.02. The number of nitrogens with zero attached hydrogens (tertiary/aromatic N) is 1. The lowest BCUT2D eigenvalue weighted by atomic mass is 9.85. The highest BCUT2D eigenvalue weighted by Crippen LogP contribution is 2.31. The molecule has 16 heavy (non-hydrogen) atoms. The lowest BCUT2D eigenvalue weighted by Gasteiger charge is -2.22. The van der Waals surface area contributed by atoms with Crippen molar-refractivity contribution in [2.75, 3.05) is 13.1 Å². The number of rotatable bonds is 2. The quantitative estimate of drug-likeness (QED) is 0.776. The number of hydrogen-bond acceptors (Lipinski definition) is 2. The van der Waals surface area contributed by atoms with Crippen LogP contribution in [0.5, 0.6) is 0 Å². The van der Waals surface area contributed by atoms with Crippen LogP contribution in [0, 0.1) is 5.41 Å². The second kappa shape index (κ2) is 5.19. The second-order valence-corrected chi connectivity index (χ2v) is 8.05. The van der Waals surface area contributed by atoms with Crippen LogP contribution in [0.25, 0.3) is 0 Å². The van der Waals surface area contributed by atoms with E-state index in [9.17, 15) is 0 Å². The van der Waals surface area contributed by atoms with Gasteiger partial charge in [-0.2, -0.15) is 0 Å². The molecule has 0 spiro atoms. The third kappa shape index (κ3) is 3.57. The van der Waals surface area contributed by atoms with Gasteiger partial charge in [0, 0.05) is 11.4 Å². The predicted molar refractivity (Wildman–Crippen MR) is 74.9 cm³/mol. The molecule has 0 radical (unpaired) electrons. The van der Waals surface area contributed by atoms with Crippen molar-refractivity contribution in [3.05, 3.63) is 20.8 Å². The number of likely N-dealkylation sites (tertiary alicyclic amines) is 1. The average Bonchev–Trinajstić information content (AvgIpc) is 2.52. The molecule has 90 valence electrons. The fourth-order valence-corrected chi connectivity index (χ4v) is 3.82. The second-order valence-electron chi connectivity index (χ2n) is 5.50. The molecule has 0 aliphatic carbocycles. The number of halogens is 1. The lowest BCUT2D eigenvalue weighted by molar-refractivity contribution is 0.257. The molecule has 2 heterocycles. The van der Waals surface area contributed by atoms with Gasteiger partial charge in [-0.15, -0.1) is 11.3 Å². The smallest absolute Gasteiger partial charge is 0.0701 e. The van der Waals surface area contributed by atoms with E-state index in [0.29, 0.717) is 5.41 Å². The number of hydrogen-bond donors (Lipinski definition) is 0. The van der Waals surface area contributed by atoms with Gasteiger partial charge in [0.1, 0.15) is 0 Å². The first-order valence-corrected chi connectivity index (χ1v) is 7.63. The third-order valence-corrected chi connectivity index (χ3v) is 5.05. The summed E-state index contributed by atoms with van der Waals surface area (Å²) in [5.41, 5.74) is 0.546. The molecule has 1 aliphatic heterocycles. The standard InChI is InChI=1S/C13H20BrNS/c1-13(2)6-3-8-15(9-7-13)10-11-4-5-12(14)16-11/h4-5H,3,6-10H2,1-2H3. The summed E-state index contributed by atoms with van der Waals surface area (Å²) in [5.74, 6) is 0. The summed E-state index contributed by atoms with van der Waals surface area (Å²) in [7, 11) is 0. The van der Waals surface area contributed by atoms with Crippen LogP contribution in [0.4, 0.5) is 0 Å². The van der Waals surface area contributed by atoms with Crippen molar-refractivity contribution in [1.29, 1.82) is 0 Å². The van der Waals surface area contributed by atoms with Gasteiger partial charge in [0.05, 0.1) is 3.79 Å². The van der Waals surface area contributed by atoms with Crippen molar-refractivity contribution in [1.82, 2.24) is 4.90 Å². The van der Waals surface area contributed by atoms with Crippen molar-refractivity contribution < 1.29 is 0 Å². The summed E-state index contributed by atoms with van der Waals surface area (Å²) >= 11 is 5.39. The monoisotopic (exact) mass is 301 g/mol. The molecule has 0 aromatic carbocycles. The van der Waals surface area contributed by atoms with Crippen LogP contribution in [-0.2, 0) is 6.54 Å². The lowest BCUT2D eigenvalue weighted by Crippen LogP contribution is -2.24. The molecule has 0 atom stereocenters. The maximum absolute atomic E-state index is 3.53. The van der Waals surface area contributed by atoms with Crippen LogP contribution < -0.4 is 0 Å². The van der Waals surface area contributed by atoms with Crippen molar-refractivity contribution in [2.45, 2.75) is 39.7 Å². The molecule has 0 amide bonds. The highest BCUT2D eigenvalue weighted by atomic mass is 79.9. The Kier molecular flexibility index (Phi) is 4.09. The zero-order chi connectivity index (χ0) is 11.6. The Labute approximate surface area is 111 Å². The van der Waals surface area contributed by atoms with Crippen molar-refractivity contribution >= 4 is 27.3 Å². The van der Waals surface area contributed by atoms with Gasteiger partial charge in [-0.25, -0.2) is 0 Å². The van der Waals surface area contributed by atoms with E-state index in [1.54, 1.807) is 0 Å². The molecule has 0 bridgehead atoms. The van der Waals surface area contributed by atoms with Crippen LogP contribution in [0.15, 0.2) is 15.9 Å². The molecule has 1 aromatic rings. The minimum Gasteiger partial charge on any atom is -0.298 e. The third-order valence-electron chi connectivity index (χ3n) is 3.44. The van der Waals surface area contributed by atoms with Gasteiger partial charge in [-0.3, -0.25) is 4.90 Å². The van der Waals surface area contributed by atoms with E-state index in [4.69, 9.17) is 0 Å². The van der Waals surface area contributed by atoms with Crippen LogP contribution >= 0.6 is 27.3 Å². The van der Waals surface area contributed by atoms with Gasteiger partial charge in [0.15, 0.2) is 0 Å². The predicted octanol–water partition coefficient (Wildman–Crippen LogP) is 4.52. The largest absolute Gasteiger partial charge is 0.298 e. The van der Waals surface area contributed by atoms with Crippen LogP contribution in [-0.4, -0.2) is 18.0 Å². The maximum Gasteiger partial charge on any atom is 0.0701 e. The highest BCUT2D eigenvalue weighted by molar-refractivity contribution is 9.11. The van der Waals surface area contributed by atoms with Gasteiger partial charge in [0.2, 0.25) is 0 Å². The average molecular weight is 302 g/mol. The summed E-state index contributed by atoms with van der Waals surface area (Å²) in [4.78, 5) is 4.08. The summed E-state index contributed by atoms with van der Waals surface area (Å²) < 4.78 is 1.25. The molecular weight excluding hydrogens is 282 g/mol. The number of thiophene rings is 1. The first kappa shape index (κ1) is 12.6. The topological polar surface area (TPSA) is 3.24 Å². The molecule has 3 heteroatoms. The Bertz CT molecular complexity index is 345. The Morgan fingerprint density at radius 3 is 2.81 bits per heavy atom. The van der Waals surface area contributed by atoms with Crippen molar-refractivity contribution in [2.24, 2.45) is 5.41 Å². The molecule has 1 aliphatic rings. The van der Waals surface area contributed by atoms with Crippen LogP contribution in [0.2, 0.25) is 0 Å². The summed E-state index contributed by atoms with van der Waals surface area (Å²) in [6, 6.07) is 4.40. The molecule has 1 fully saturated rings. The van der Waals surface area contributed by atoms with Crippen molar-refractivity contribution in [3.8, 4) is 0 Å². The SMILES string of the molecule is CC1(C)CCCN(Cc2ccc(Br)s2)CC1. The van der Waals surface area contributed by atoms with Gasteiger partial charge in [0.25, 0.3) is 0 Å². The zero-order valence-electron chi connectivity index (χ0n) is 10.1. The first-order chi connectivity index (χ1) is 7.55. The van der Waals surface area contributed by atoms with E-state index < -0.39 is 0 Å². The Hall–Kier alpha value is 0.140. The van der Waals surface area contributed by atoms with Gasteiger partial charge >= 0.3 is 0 Å². The fraction of sp³-hybridized carbons (Fsp3) is 0.692. The zero-order valence-corrected chi connectivity index (χ0v) is 12.5. The van der Waals surface area contributed by atoms with E-state index in [-0.39, 0.29) is 0 Å². The maximum atomic E-state index is 3.53. The fourth-order valence-electron chi connectivity index (χ4n) is 2.29. The van der Waals surface area contributed by atoms with Gasteiger partial charge in [-0.1, -0.05) is 13.8 Å². The molecular formula is C13H20BrNS. The van der Waals surface area contributed by atoms with Crippen LogP contribution in [0.3, 0.4) is 0 Å². The van der Waals surface area contributed by atoms with E-state index >= 15 is 0 Å². The highest BCUT2D eigenvalue weighted by Gasteiger charge is 2.23. The summed E-state index contributed by atoms with van der Waals surface area (Å²) in [6.07, 6.45) is 4.05. The molecule has 0 unspecified atom stereocenters. The Balaban J connectivity index is 1.91.